The third-order valence-corrected chi connectivity index (χ3v) is 6.47. The van der Waals surface area contributed by atoms with Crippen molar-refractivity contribution in [2.45, 2.75) is 38.1 Å². The van der Waals surface area contributed by atoms with Gasteiger partial charge in [-0.25, -0.2) is 8.42 Å². The molecule has 0 aliphatic carbocycles. The Morgan fingerprint density at radius 2 is 1.52 bits per heavy atom. The molecule has 0 heterocycles. The summed E-state index contributed by atoms with van der Waals surface area (Å²) >= 11 is 0. The van der Waals surface area contributed by atoms with Gasteiger partial charge in [-0.3, -0.25) is 0 Å². The number of benzene rings is 2. The molecule has 6 heteroatoms. The highest BCUT2D eigenvalue weighted by Crippen LogP contribution is 2.21. The Labute approximate surface area is 163 Å². The summed E-state index contributed by atoms with van der Waals surface area (Å²) in [5.74, 6) is 0.235. The molecule has 2 rings (SSSR count). The minimum atomic E-state index is -3.59. The Balaban J connectivity index is 2.16. The maximum Gasteiger partial charge on any atom is 0.243 e. The molecule has 2 aromatic rings. The van der Waals surface area contributed by atoms with Crippen LogP contribution in [0.25, 0.3) is 0 Å². The lowest BCUT2D eigenvalue weighted by Crippen LogP contribution is -2.43. The molecule has 0 aliphatic heterocycles. The van der Waals surface area contributed by atoms with Crippen LogP contribution in [0.1, 0.15) is 26.3 Å². The van der Waals surface area contributed by atoms with Gasteiger partial charge in [0.2, 0.25) is 10.0 Å². The fourth-order valence-corrected chi connectivity index (χ4v) is 4.71. The Bertz CT molecular complexity index is 805. The van der Waals surface area contributed by atoms with E-state index in [0.717, 1.165) is 12.0 Å². The van der Waals surface area contributed by atoms with Crippen molar-refractivity contribution in [1.82, 2.24) is 4.31 Å². The minimum Gasteiger partial charge on any atom is -0.399 e. The first-order chi connectivity index (χ1) is 12.7. The second kappa shape index (κ2) is 9.35. The molecule has 0 saturated carbocycles. The second-order valence-corrected chi connectivity index (χ2v) is 9.55. The van der Waals surface area contributed by atoms with E-state index in [1.54, 1.807) is 28.6 Å². The van der Waals surface area contributed by atoms with Crippen LogP contribution in [0.4, 0.5) is 5.69 Å². The first-order valence-corrected chi connectivity index (χ1v) is 10.8. The molecule has 0 saturated heterocycles. The van der Waals surface area contributed by atoms with E-state index in [4.69, 9.17) is 11.5 Å². The van der Waals surface area contributed by atoms with Crippen molar-refractivity contribution in [3.63, 3.8) is 0 Å². The molecule has 2 aromatic carbocycles. The zero-order chi connectivity index (χ0) is 20.0. The molecular weight excluding hydrogens is 358 g/mol. The summed E-state index contributed by atoms with van der Waals surface area (Å²) in [7, 11) is -3.59. The number of hydrogen-bond donors (Lipinski definition) is 2. The van der Waals surface area contributed by atoms with Crippen LogP contribution in [0.3, 0.4) is 0 Å². The second-order valence-electron chi connectivity index (χ2n) is 7.62. The largest absolute Gasteiger partial charge is 0.399 e. The molecule has 5 nitrogen and oxygen atoms in total. The number of rotatable bonds is 9. The van der Waals surface area contributed by atoms with Gasteiger partial charge >= 0.3 is 0 Å². The number of anilines is 1. The van der Waals surface area contributed by atoms with Gasteiger partial charge in [0.25, 0.3) is 0 Å². The van der Waals surface area contributed by atoms with Crippen LogP contribution in [0, 0.1) is 11.8 Å². The molecule has 0 unspecified atom stereocenters. The van der Waals surface area contributed by atoms with Gasteiger partial charge in [0.15, 0.2) is 0 Å². The van der Waals surface area contributed by atoms with Crippen molar-refractivity contribution in [1.29, 1.82) is 0 Å². The lowest BCUT2D eigenvalue weighted by molar-refractivity contribution is 0.298. The van der Waals surface area contributed by atoms with Crippen molar-refractivity contribution in [2.24, 2.45) is 17.6 Å². The van der Waals surface area contributed by atoms with E-state index < -0.39 is 10.0 Å². The summed E-state index contributed by atoms with van der Waals surface area (Å²) in [5, 5.41) is 0. The number of nitrogen functional groups attached to an aromatic ring is 1. The van der Waals surface area contributed by atoms with Crippen molar-refractivity contribution < 1.29 is 8.42 Å². The number of hydrogen-bond acceptors (Lipinski definition) is 4. The summed E-state index contributed by atoms with van der Waals surface area (Å²) < 4.78 is 27.8. The molecule has 0 aromatic heterocycles. The van der Waals surface area contributed by atoms with Gasteiger partial charge in [-0.05, 0) is 48.1 Å². The van der Waals surface area contributed by atoms with Crippen LogP contribution in [0.2, 0.25) is 0 Å². The summed E-state index contributed by atoms with van der Waals surface area (Å²) in [4.78, 5) is 0.265. The molecule has 0 aliphatic rings. The predicted molar refractivity (Wildman–Crippen MR) is 112 cm³/mol. The summed E-state index contributed by atoms with van der Waals surface area (Å²) in [6, 6.07) is 16.3. The fourth-order valence-electron chi connectivity index (χ4n) is 3.01. The van der Waals surface area contributed by atoms with Gasteiger partial charge in [0.1, 0.15) is 0 Å². The summed E-state index contributed by atoms with van der Waals surface area (Å²) in [5.41, 5.74) is 13.8. The van der Waals surface area contributed by atoms with Gasteiger partial charge in [0.05, 0.1) is 4.90 Å². The highest BCUT2D eigenvalue weighted by Gasteiger charge is 2.28. The van der Waals surface area contributed by atoms with Gasteiger partial charge in [0, 0.05) is 24.8 Å². The normalized spacial score (nSPS) is 14.4. The van der Waals surface area contributed by atoms with Crippen LogP contribution in [0.5, 0.6) is 0 Å². The van der Waals surface area contributed by atoms with Crippen LogP contribution in [-0.4, -0.2) is 31.9 Å². The Morgan fingerprint density at radius 3 is 2.07 bits per heavy atom. The van der Waals surface area contributed by atoms with Gasteiger partial charge in [-0.1, -0.05) is 51.1 Å². The standard InChI is InChI=1S/C21H31N3O2S/c1-16(2)14-24(27(25,26)20-11-9-19(22)10-12-20)15-17(3)21(23)13-18-7-5-4-6-8-18/h4-12,16-17,21H,13-15,22-23H2,1-3H3/t17-,21-/m1/s1. The van der Waals surface area contributed by atoms with E-state index in [0.29, 0.717) is 18.8 Å². The van der Waals surface area contributed by atoms with Crippen LogP contribution in [0.15, 0.2) is 59.5 Å². The Morgan fingerprint density at radius 1 is 0.926 bits per heavy atom. The van der Waals surface area contributed by atoms with E-state index in [1.165, 1.54) is 0 Å². The van der Waals surface area contributed by atoms with Crippen molar-refractivity contribution >= 4 is 15.7 Å². The monoisotopic (exact) mass is 389 g/mol. The van der Waals surface area contributed by atoms with Gasteiger partial charge < -0.3 is 11.5 Å². The molecule has 0 fully saturated rings. The maximum atomic E-state index is 13.1. The highest BCUT2D eigenvalue weighted by molar-refractivity contribution is 7.89. The van der Waals surface area contributed by atoms with Crippen LogP contribution >= 0.6 is 0 Å². The molecular formula is C21H31N3O2S. The Hall–Kier alpha value is -1.89. The quantitative estimate of drug-likeness (QED) is 0.645. The summed E-state index contributed by atoms with van der Waals surface area (Å²) in [6.45, 7) is 6.88. The van der Waals surface area contributed by atoms with E-state index >= 15 is 0 Å². The molecule has 148 valence electrons. The van der Waals surface area contributed by atoms with E-state index in [-0.39, 0.29) is 22.8 Å². The van der Waals surface area contributed by atoms with E-state index in [9.17, 15) is 8.42 Å². The molecule has 4 N–H and O–H groups in total. The summed E-state index contributed by atoms with van der Waals surface area (Å²) in [6.07, 6.45) is 0.722. The molecule has 27 heavy (non-hydrogen) atoms. The average Bonchev–Trinajstić information content (AvgIpc) is 2.62. The first-order valence-electron chi connectivity index (χ1n) is 9.35. The molecule has 0 radical (unpaired) electrons. The molecule has 0 bridgehead atoms. The molecule has 0 amide bonds. The zero-order valence-corrected chi connectivity index (χ0v) is 17.2. The predicted octanol–water partition coefficient (Wildman–Crippen LogP) is 3.12. The number of nitrogens with two attached hydrogens (primary N) is 2. The fraction of sp³-hybridized carbons (Fsp3) is 0.429. The number of nitrogens with zero attached hydrogens (tertiary/aromatic N) is 1. The van der Waals surface area contributed by atoms with Gasteiger partial charge in [-0.15, -0.1) is 0 Å². The topological polar surface area (TPSA) is 89.4 Å². The third kappa shape index (κ3) is 6.06. The lowest BCUT2D eigenvalue weighted by atomic mass is 9.95. The minimum absolute atomic E-state index is 0.0208. The molecule has 0 spiro atoms. The average molecular weight is 390 g/mol. The zero-order valence-electron chi connectivity index (χ0n) is 16.4. The van der Waals surface area contributed by atoms with Crippen molar-refractivity contribution in [3.8, 4) is 0 Å². The first kappa shape index (κ1) is 21.4. The highest BCUT2D eigenvalue weighted by atomic mass is 32.2. The Kier molecular flexibility index (Phi) is 7.41. The van der Waals surface area contributed by atoms with Crippen molar-refractivity contribution in [3.05, 3.63) is 60.2 Å². The van der Waals surface area contributed by atoms with Gasteiger partial charge in [-0.2, -0.15) is 4.31 Å². The lowest BCUT2D eigenvalue weighted by Gasteiger charge is -2.29. The number of sulfonamides is 1. The van der Waals surface area contributed by atoms with Crippen molar-refractivity contribution in [2.75, 3.05) is 18.8 Å². The van der Waals surface area contributed by atoms with Crippen LogP contribution < -0.4 is 11.5 Å². The van der Waals surface area contributed by atoms with E-state index in [1.807, 2.05) is 51.1 Å². The molecule has 2 atom stereocenters. The maximum absolute atomic E-state index is 13.1. The third-order valence-electron chi connectivity index (χ3n) is 4.62. The smallest absolute Gasteiger partial charge is 0.243 e. The van der Waals surface area contributed by atoms with Crippen LogP contribution in [-0.2, 0) is 16.4 Å². The van der Waals surface area contributed by atoms with E-state index in [2.05, 4.69) is 0 Å². The SMILES string of the molecule is CC(C)CN(C[C@@H](C)[C@H](N)Cc1ccccc1)S(=O)(=O)c1ccc(N)cc1.